The fourth-order valence-electron chi connectivity index (χ4n) is 3.04. The molecule has 136 valence electrons. The maximum absolute atomic E-state index is 12.9. The number of aryl methyl sites for hydroxylation is 1. The predicted molar refractivity (Wildman–Crippen MR) is 110 cm³/mol. The summed E-state index contributed by atoms with van der Waals surface area (Å²) < 4.78 is 2.85. The number of nitrogens with zero attached hydrogens (tertiary/aromatic N) is 2. The number of H-pyrrole nitrogens is 1. The second-order valence-electron chi connectivity index (χ2n) is 6.27. The van der Waals surface area contributed by atoms with Gasteiger partial charge in [-0.05, 0) is 35.9 Å². The van der Waals surface area contributed by atoms with Crippen LogP contribution >= 0.6 is 27.5 Å². The fourth-order valence-corrected chi connectivity index (χ4v) is 3.53. The van der Waals surface area contributed by atoms with Crippen LogP contribution in [0.15, 0.2) is 65.4 Å². The highest BCUT2D eigenvalue weighted by molar-refractivity contribution is 9.10. The summed E-state index contributed by atoms with van der Waals surface area (Å²) in [4.78, 5) is 20.5. The highest BCUT2D eigenvalue weighted by Gasteiger charge is 2.22. The molecule has 5 nitrogen and oxygen atoms in total. The average Bonchev–Trinajstić information content (AvgIpc) is 3.26. The zero-order chi connectivity index (χ0) is 19.0. The SMILES string of the molecule is Cn1ccnc1[C@H](NC(=O)c1cc2ccc(Br)cc2[nH]1)c1ccc(Cl)cc1. The van der Waals surface area contributed by atoms with Crippen LogP contribution in [0.25, 0.3) is 10.9 Å². The Bertz CT molecular complexity index is 1120. The molecule has 1 amide bonds. The van der Waals surface area contributed by atoms with Gasteiger partial charge < -0.3 is 14.9 Å². The summed E-state index contributed by atoms with van der Waals surface area (Å²) in [5.74, 6) is 0.537. The van der Waals surface area contributed by atoms with E-state index in [2.05, 4.69) is 31.2 Å². The van der Waals surface area contributed by atoms with Crippen molar-refractivity contribution in [3.63, 3.8) is 0 Å². The number of imidazole rings is 1. The van der Waals surface area contributed by atoms with Crippen molar-refractivity contribution in [3.8, 4) is 0 Å². The summed E-state index contributed by atoms with van der Waals surface area (Å²) in [5, 5.41) is 4.70. The normalized spacial score (nSPS) is 12.3. The van der Waals surface area contributed by atoms with Gasteiger partial charge in [0.15, 0.2) is 0 Å². The van der Waals surface area contributed by atoms with Crippen LogP contribution in [0.4, 0.5) is 0 Å². The van der Waals surface area contributed by atoms with E-state index in [1.165, 1.54) is 0 Å². The summed E-state index contributed by atoms with van der Waals surface area (Å²) in [6.45, 7) is 0. The van der Waals surface area contributed by atoms with E-state index >= 15 is 0 Å². The molecule has 4 aromatic rings. The van der Waals surface area contributed by atoms with Gasteiger partial charge in [0.05, 0.1) is 0 Å². The molecule has 4 rings (SSSR count). The molecule has 0 unspecified atom stereocenters. The lowest BCUT2D eigenvalue weighted by molar-refractivity contribution is 0.0937. The molecular weight excluding hydrogens is 428 g/mol. The second-order valence-corrected chi connectivity index (χ2v) is 7.62. The smallest absolute Gasteiger partial charge is 0.268 e. The van der Waals surface area contributed by atoms with Crippen molar-refractivity contribution in [2.24, 2.45) is 7.05 Å². The van der Waals surface area contributed by atoms with Crippen molar-refractivity contribution in [3.05, 3.63) is 87.5 Å². The topological polar surface area (TPSA) is 62.7 Å². The Morgan fingerprint density at radius 2 is 2.00 bits per heavy atom. The highest BCUT2D eigenvalue weighted by Crippen LogP contribution is 2.24. The number of halogens is 2. The van der Waals surface area contributed by atoms with Crippen LogP contribution in [-0.4, -0.2) is 20.4 Å². The number of benzene rings is 2. The van der Waals surface area contributed by atoms with Crippen molar-refractivity contribution in [1.82, 2.24) is 19.9 Å². The minimum atomic E-state index is -0.395. The van der Waals surface area contributed by atoms with E-state index in [0.717, 1.165) is 26.8 Å². The van der Waals surface area contributed by atoms with Crippen LogP contribution in [0.3, 0.4) is 0 Å². The van der Waals surface area contributed by atoms with Gasteiger partial charge in [0.25, 0.3) is 5.91 Å². The van der Waals surface area contributed by atoms with E-state index in [-0.39, 0.29) is 5.91 Å². The van der Waals surface area contributed by atoms with Gasteiger partial charge in [-0.3, -0.25) is 4.79 Å². The molecule has 1 atom stereocenters. The average molecular weight is 444 g/mol. The molecule has 0 saturated carbocycles. The van der Waals surface area contributed by atoms with Gasteiger partial charge in [-0.1, -0.05) is 45.7 Å². The molecule has 0 fully saturated rings. The number of fused-ring (bicyclic) bond motifs is 1. The third kappa shape index (κ3) is 3.63. The van der Waals surface area contributed by atoms with Crippen molar-refractivity contribution in [2.75, 3.05) is 0 Å². The summed E-state index contributed by atoms with van der Waals surface area (Å²) in [5.41, 5.74) is 2.30. The van der Waals surface area contributed by atoms with Crippen LogP contribution in [0.2, 0.25) is 5.02 Å². The lowest BCUT2D eigenvalue weighted by Crippen LogP contribution is -2.31. The molecule has 0 aliphatic carbocycles. The number of hydrogen-bond acceptors (Lipinski definition) is 2. The maximum Gasteiger partial charge on any atom is 0.268 e. The molecule has 0 aliphatic rings. The summed E-state index contributed by atoms with van der Waals surface area (Å²) in [6.07, 6.45) is 3.57. The van der Waals surface area contributed by atoms with Crippen molar-refractivity contribution in [1.29, 1.82) is 0 Å². The fraction of sp³-hybridized carbons (Fsp3) is 0.100. The first kappa shape index (κ1) is 17.8. The summed E-state index contributed by atoms with van der Waals surface area (Å²) in [6, 6.07) is 14.7. The van der Waals surface area contributed by atoms with Crippen LogP contribution in [0.5, 0.6) is 0 Å². The molecule has 0 aliphatic heterocycles. The molecule has 0 radical (unpaired) electrons. The van der Waals surface area contributed by atoms with Gasteiger partial charge in [0.2, 0.25) is 0 Å². The van der Waals surface area contributed by atoms with Crippen LogP contribution in [0.1, 0.15) is 27.9 Å². The van der Waals surface area contributed by atoms with Gasteiger partial charge in [-0.2, -0.15) is 0 Å². The Kier molecular flexibility index (Phi) is 4.76. The van der Waals surface area contributed by atoms with E-state index < -0.39 is 6.04 Å². The highest BCUT2D eigenvalue weighted by atomic mass is 79.9. The zero-order valence-corrected chi connectivity index (χ0v) is 16.8. The number of aromatic amines is 1. The van der Waals surface area contributed by atoms with E-state index in [9.17, 15) is 4.79 Å². The van der Waals surface area contributed by atoms with Crippen molar-refractivity contribution < 1.29 is 4.79 Å². The van der Waals surface area contributed by atoms with E-state index in [0.29, 0.717) is 10.7 Å². The third-order valence-corrected chi connectivity index (χ3v) is 5.17. The lowest BCUT2D eigenvalue weighted by Gasteiger charge is -2.19. The summed E-state index contributed by atoms with van der Waals surface area (Å²) in [7, 11) is 1.90. The van der Waals surface area contributed by atoms with Crippen LogP contribution in [0, 0.1) is 0 Å². The van der Waals surface area contributed by atoms with Crippen LogP contribution in [-0.2, 0) is 7.05 Å². The van der Waals surface area contributed by atoms with E-state index in [1.807, 2.05) is 54.2 Å². The molecule has 2 heterocycles. The predicted octanol–water partition coefficient (Wildman–Crippen LogP) is 4.84. The first-order valence-corrected chi connectivity index (χ1v) is 9.50. The van der Waals surface area contributed by atoms with Crippen molar-refractivity contribution >= 4 is 44.3 Å². The third-order valence-electron chi connectivity index (χ3n) is 4.42. The zero-order valence-electron chi connectivity index (χ0n) is 14.4. The monoisotopic (exact) mass is 442 g/mol. The van der Waals surface area contributed by atoms with Crippen LogP contribution < -0.4 is 5.32 Å². The molecule has 0 spiro atoms. The van der Waals surface area contributed by atoms with Gasteiger partial charge in [-0.25, -0.2) is 4.98 Å². The standard InChI is InChI=1S/C20H16BrClN4O/c1-26-9-8-23-19(26)18(12-3-6-15(22)7-4-12)25-20(27)17-10-13-2-5-14(21)11-16(13)24-17/h2-11,18,24H,1H3,(H,25,27)/t18-/m1/s1. The molecular formula is C20H16BrClN4O. The molecule has 2 aromatic carbocycles. The molecule has 0 bridgehead atoms. The second kappa shape index (κ2) is 7.21. The first-order chi connectivity index (χ1) is 13.0. The lowest BCUT2D eigenvalue weighted by atomic mass is 10.1. The van der Waals surface area contributed by atoms with Gasteiger partial charge in [-0.15, -0.1) is 0 Å². The minimum Gasteiger partial charge on any atom is -0.350 e. The first-order valence-electron chi connectivity index (χ1n) is 8.33. The van der Waals surface area contributed by atoms with Gasteiger partial charge in [0, 0.05) is 39.8 Å². The van der Waals surface area contributed by atoms with E-state index in [4.69, 9.17) is 11.6 Å². The molecule has 2 N–H and O–H groups in total. The molecule has 7 heteroatoms. The Morgan fingerprint density at radius 1 is 1.22 bits per heavy atom. The number of carbonyl (C=O) groups is 1. The largest absolute Gasteiger partial charge is 0.350 e. The molecule has 0 saturated heterocycles. The number of amides is 1. The quantitative estimate of drug-likeness (QED) is 0.474. The van der Waals surface area contributed by atoms with Gasteiger partial charge >= 0.3 is 0 Å². The Morgan fingerprint density at radius 3 is 2.70 bits per heavy atom. The van der Waals surface area contributed by atoms with Crippen molar-refractivity contribution in [2.45, 2.75) is 6.04 Å². The maximum atomic E-state index is 12.9. The number of carbonyl (C=O) groups excluding carboxylic acids is 1. The Labute approximate surface area is 169 Å². The number of hydrogen-bond donors (Lipinski definition) is 2. The minimum absolute atomic E-state index is 0.203. The molecule has 2 aromatic heterocycles. The number of aromatic nitrogens is 3. The number of rotatable bonds is 4. The summed E-state index contributed by atoms with van der Waals surface area (Å²) >= 11 is 9.46. The van der Waals surface area contributed by atoms with Gasteiger partial charge in [0.1, 0.15) is 17.6 Å². The Hall–Kier alpha value is -2.57. The van der Waals surface area contributed by atoms with E-state index in [1.54, 1.807) is 18.3 Å². The Balaban J connectivity index is 1.68. The molecule has 27 heavy (non-hydrogen) atoms. The number of nitrogens with one attached hydrogen (secondary N) is 2.